The summed E-state index contributed by atoms with van der Waals surface area (Å²) in [5, 5.41) is 14.1. The van der Waals surface area contributed by atoms with Crippen LogP contribution < -0.4 is 5.32 Å². The van der Waals surface area contributed by atoms with Gasteiger partial charge in [0.25, 0.3) is 5.91 Å². The Bertz CT molecular complexity index is 1100. The van der Waals surface area contributed by atoms with E-state index in [2.05, 4.69) is 5.32 Å². The summed E-state index contributed by atoms with van der Waals surface area (Å²) in [6.07, 6.45) is 0.852. The molecule has 4 aliphatic carbocycles. The number of nitrogens with one attached hydrogen (secondary N) is 1. The van der Waals surface area contributed by atoms with Gasteiger partial charge in [-0.3, -0.25) is 14.2 Å². The maximum atomic E-state index is 17.2. The Balaban J connectivity index is 1.39. The summed E-state index contributed by atoms with van der Waals surface area (Å²) in [7, 11) is -3.36. The smallest absolute Gasteiger partial charge is 0.332 e. The van der Waals surface area contributed by atoms with Crippen LogP contribution in [0.5, 0.6) is 0 Å². The third-order valence-corrected chi connectivity index (χ3v) is 11.6. The van der Waals surface area contributed by atoms with E-state index >= 15 is 8.78 Å². The molecule has 5 rings (SSSR count). The predicted molar refractivity (Wildman–Crippen MR) is 130 cm³/mol. The van der Waals surface area contributed by atoms with Crippen molar-refractivity contribution in [1.82, 2.24) is 5.32 Å². The Hall–Kier alpha value is -1.45. The zero-order valence-corrected chi connectivity index (χ0v) is 22.6. The first kappa shape index (κ1) is 27.1. The Kier molecular flexibility index (Phi) is 6.44. The van der Waals surface area contributed by atoms with Gasteiger partial charge in [-0.2, -0.15) is 0 Å². The minimum absolute atomic E-state index is 0.0117. The number of epoxide rings is 1. The second-order valence-electron chi connectivity index (χ2n) is 11.2. The third-order valence-electron chi connectivity index (χ3n) is 9.57. The molecule has 4 fully saturated rings. The van der Waals surface area contributed by atoms with E-state index in [1.807, 2.05) is 6.92 Å². The van der Waals surface area contributed by atoms with Gasteiger partial charge in [0.2, 0.25) is 0 Å². The Morgan fingerprint density at radius 3 is 2.59 bits per heavy atom. The molecule has 37 heavy (non-hydrogen) atoms. The molecule has 0 unspecified atom stereocenters. The monoisotopic (exact) mass is 543 g/mol. The standard InChI is InChI=1S/C26H36F2NO7P/c1-5-34-37(33,35-6-2)10-9-29-22(32)26-15(3)11-17-18-13-20(27)19-12-16(30)7-8-23(19,4)25(18,28)21(31)14-24(17,26)36-26/h7-8,12,15,17-18,20-21,31H,5-6,9-11,13-14H2,1-4H3,(H,29,32)/t15-,17+,18+,20+,21+,23+,24-,25+,26+/m1/s1. The topological polar surface area (TPSA) is 114 Å². The van der Waals surface area contributed by atoms with Crippen molar-refractivity contribution >= 4 is 19.3 Å². The van der Waals surface area contributed by atoms with Crippen LogP contribution in [0.4, 0.5) is 8.78 Å². The minimum atomic E-state index is -3.36. The normalized spacial score (nSPS) is 45.9. The molecule has 1 heterocycles. The highest BCUT2D eigenvalue weighted by atomic mass is 31.2. The van der Waals surface area contributed by atoms with Crippen LogP contribution in [0.3, 0.4) is 0 Å². The van der Waals surface area contributed by atoms with E-state index in [9.17, 15) is 19.3 Å². The van der Waals surface area contributed by atoms with Crippen molar-refractivity contribution in [1.29, 1.82) is 0 Å². The fourth-order valence-corrected chi connectivity index (χ4v) is 9.52. The summed E-state index contributed by atoms with van der Waals surface area (Å²) < 4.78 is 62.2. The number of carbonyl (C=O) groups is 2. The fraction of sp³-hybridized carbons (Fsp3) is 0.769. The summed E-state index contributed by atoms with van der Waals surface area (Å²) in [5.41, 5.74) is -6.01. The third kappa shape index (κ3) is 3.48. The van der Waals surface area contributed by atoms with Crippen molar-refractivity contribution in [2.75, 3.05) is 25.9 Å². The predicted octanol–water partition coefficient (Wildman–Crippen LogP) is 3.44. The average Bonchev–Trinajstić information content (AvgIpc) is 3.43. The van der Waals surface area contributed by atoms with E-state index in [1.165, 1.54) is 12.2 Å². The van der Waals surface area contributed by atoms with E-state index in [0.717, 1.165) is 6.08 Å². The number of hydrogen-bond donors (Lipinski definition) is 2. The number of ether oxygens (including phenoxy) is 1. The van der Waals surface area contributed by atoms with Crippen molar-refractivity contribution in [3.05, 3.63) is 23.8 Å². The lowest BCUT2D eigenvalue weighted by atomic mass is 9.47. The first-order valence-corrected chi connectivity index (χ1v) is 14.9. The lowest BCUT2D eigenvalue weighted by Gasteiger charge is -2.59. The minimum Gasteiger partial charge on any atom is -0.390 e. The number of hydrogen-bond acceptors (Lipinski definition) is 7. The van der Waals surface area contributed by atoms with Crippen LogP contribution in [0.25, 0.3) is 0 Å². The summed E-state index contributed by atoms with van der Waals surface area (Å²) in [6, 6.07) is 0. The molecule has 0 radical (unpaired) electrons. The van der Waals surface area contributed by atoms with Gasteiger partial charge in [0, 0.05) is 24.3 Å². The number of alkyl halides is 2. The number of halogens is 2. The molecule has 1 saturated heterocycles. The molecule has 3 saturated carbocycles. The molecule has 1 amide bonds. The largest absolute Gasteiger partial charge is 0.390 e. The van der Waals surface area contributed by atoms with Crippen LogP contribution in [0, 0.1) is 23.2 Å². The van der Waals surface area contributed by atoms with Crippen LogP contribution in [0.1, 0.15) is 47.0 Å². The average molecular weight is 544 g/mol. The maximum absolute atomic E-state index is 17.2. The van der Waals surface area contributed by atoms with Gasteiger partial charge < -0.3 is 24.2 Å². The molecule has 5 aliphatic rings. The van der Waals surface area contributed by atoms with Gasteiger partial charge in [-0.1, -0.05) is 13.0 Å². The molecule has 0 aromatic carbocycles. The van der Waals surface area contributed by atoms with Crippen molar-refractivity contribution in [3.8, 4) is 0 Å². The van der Waals surface area contributed by atoms with Crippen molar-refractivity contribution in [2.24, 2.45) is 23.2 Å². The van der Waals surface area contributed by atoms with Crippen LogP contribution in [-0.2, 0) is 27.9 Å². The molecule has 11 heteroatoms. The molecule has 9 atom stereocenters. The second kappa shape index (κ2) is 8.78. The Morgan fingerprint density at radius 1 is 1.27 bits per heavy atom. The number of aliphatic hydroxyl groups excluding tert-OH is 1. The zero-order chi connectivity index (χ0) is 27.0. The maximum Gasteiger partial charge on any atom is 0.332 e. The summed E-state index contributed by atoms with van der Waals surface area (Å²) in [6.45, 7) is 7.26. The molecule has 1 spiro atoms. The first-order chi connectivity index (χ1) is 17.3. The van der Waals surface area contributed by atoms with Gasteiger partial charge in [0.15, 0.2) is 17.1 Å². The molecule has 0 bridgehead atoms. The Labute approximate surface area is 215 Å². The van der Waals surface area contributed by atoms with Gasteiger partial charge in [-0.05, 0) is 63.2 Å². The molecule has 0 aromatic heterocycles. The van der Waals surface area contributed by atoms with Crippen molar-refractivity contribution < 1.29 is 41.8 Å². The first-order valence-electron chi connectivity index (χ1n) is 13.2. The van der Waals surface area contributed by atoms with Crippen molar-refractivity contribution in [3.63, 3.8) is 0 Å². The Morgan fingerprint density at radius 2 is 1.95 bits per heavy atom. The highest BCUT2D eigenvalue weighted by molar-refractivity contribution is 7.53. The van der Waals surface area contributed by atoms with Gasteiger partial charge in [-0.15, -0.1) is 0 Å². The molecular formula is C26H36F2NO7P. The second-order valence-corrected chi connectivity index (χ2v) is 13.4. The lowest BCUT2D eigenvalue weighted by molar-refractivity contribution is -0.187. The summed E-state index contributed by atoms with van der Waals surface area (Å²) in [5.74, 6) is -2.50. The lowest BCUT2D eigenvalue weighted by Crippen LogP contribution is -2.68. The SMILES string of the molecule is CCOP(=O)(CCNC(=O)[C@]12O[C@@]13C[C@H](O)[C@@]1(F)[C@@H](C[C@H](F)C4=CC(=O)C=C[C@@]41C)[C@@H]3C[C@H]2C)OCC. The fourth-order valence-electron chi connectivity index (χ4n) is 8.02. The number of ketones is 1. The van der Waals surface area contributed by atoms with Crippen molar-refractivity contribution in [2.45, 2.75) is 76.1 Å². The molecule has 2 N–H and O–H groups in total. The van der Waals surface area contributed by atoms with E-state index in [4.69, 9.17) is 13.8 Å². The number of fused-ring (bicyclic) bond motifs is 4. The molecular weight excluding hydrogens is 507 g/mol. The quantitative estimate of drug-likeness (QED) is 0.356. The molecule has 8 nitrogen and oxygen atoms in total. The highest BCUT2D eigenvalue weighted by Crippen LogP contribution is 2.76. The van der Waals surface area contributed by atoms with Gasteiger partial charge >= 0.3 is 7.60 Å². The number of allylic oxidation sites excluding steroid dienone is 4. The van der Waals surface area contributed by atoms with Crippen LogP contribution >= 0.6 is 7.60 Å². The molecule has 206 valence electrons. The van der Waals surface area contributed by atoms with Crippen LogP contribution in [-0.4, -0.2) is 71.9 Å². The van der Waals surface area contributed by atoms with Gasteiger partial charge in [0.1, 0.15) is 11.8 Å². The van der Waals surface area contributed by atoms with E-state index < -0.39 is 65.7 Å². The zero-order valence-electron chi connectivity index (χ0n) is 21.7. The summed E-state index contributed by atoms with van der Waals surface area (Å²) >= 11 is 0. The number of amides is 1. The number of carbonyl (C=O) groups excluding carboxylic acids is 2. The number of rotatable bonds is 8. The van der Waals surface area contributed by atoms with E-state index in [1.54, 1.807) is 20.8 Å². The van der Waals surface area contributed by atoms with Crippen LogP contribution in [0.2, 0.25) is 0 Å². The van der Waals surface area contributed by atoms with Crippen LogP contribution in [0.15, 0.2) is 23.8 Å². The van der Waals surface area contributed by atoms with Gasteiger partial charge in [0.05, 0.1) is 25.5 Å². The molecule has 0 aromatic rings. The van der Waals surface area contributed by atoms with Gasteiger partial charge in [-0.25, -0.2) is 8.78 Å². The summed E-state index contributed by atoms with van der Waals surface area (Å²) in [4.78, 5) is 25.5. The molecule has 1 aliphatic heterocycles. The van der Waals surface area contributed by atoms with E-state index in [-0.39, 0.29) is 50.3 Å². The number of aliphatic hydroxyl groups is 1. The van der Waals surface area contributed by atoms with E-state index in [0.29, 0.717) is 6.42 Å². The highest BCUT2D eigenvalue weighted by Gasteiger charge is 2.88.